The smallest absolute Gasteiger partial charge is 0.295 e. The van der Waals surface area contributed by atoms with Crippen molar-refractivity contribution >= 4 is 17.1 Å². The van der Waals surface area contributed by atoms with Crippen LogP contribution in [0.4, 0.5) is 6.01 Å². The predicted molar refractivity (Wildman–Crippen MR) is 52.9 cm³/mol. The summed E-state index contributed by atoms with van der Waals surface area (Å²) in [6.45, 7) is 4.88. The Kier molecular flexibility index (Phi) is 1.93. The van der Waals surface area contributed by atoms with Crippen molar-refractivity contribution < 1.29 is 4.42 Å². The van der Waals surface area contributed by atoms with E-state index in [0.29, 0.717) is 6.01 Å². The first-order valence-electron chi connectivity index (χ1n) is 4.40. The monoisotopic (exact) mass is 176 g/mol. The average Bonchev–Trinajstić information content (AvgIpc) is 2.46. The van der Waals surface area contributed by atoms with E-state index < -0.39 is 0 Å². The molecule has 3 nitrogen and oxygen atoms in total. The lowest BCUT2D eigenvalue weighted by atomic mass is 10.2. The highest BCUT2D eigenvalue weighted by Crippen LogP contribution is 2.19. The Morgan fingerprint density at radius 3 is 3.08 bits per heavy atom. The molecular weight excluding hydrogens is 164 g/mol. The van der Waals surface area contributed by atoms with Crippen LogP contribution >= 0.6 is 0 Å². The fraction of sp³-hybridized carbons (Fsp3) is 0.300. The molecule has 13 heavy (non-hydrogen) atoms. The molecule has 0 saturated carbocycles. The molecule has 1 aromatic heterocycles. The van der Waals surface area contributed by atoms with Gasteiger partial charge in [0.05, 0.1) is 0 Å². The van der Waals surface area contributed by atoms with Crippen LogP contribution in [0.2, 0.25) is 0 Å². The van der Waals surface area contributed by atoms with Crippen LogP contribution in [0, 0.1) is 6.92 Å². The molecular formula is C10H12N2O. The number of hydrogen-bond donors (Lipinski definition) is 1. The maximum absolute atomic E-state index is 5.44. The van der Waals surface area contributed by atoms with E-state index in [1.165, 1.54) is 5.56 Å². The minimum Gasteiger partial charge on any atom is -0.424 e. The number of fused-ring (bicyclic) bond motifs is 1. The number of oxazole rings is 1. The third-order valence-corrected chi connectivity index (χ3v) is 1.87. The Labute approximate surface area is 76.8 Å². The molecule has 1 aromatic carbocycles. The fourth-order valence-corrected chi connectivity index (χ4v) is 1.26. The van der Waals surface area contributed by atoms with Crippen LogP contribution in [-0.2, 0) is 0 Å². The van der Waals surface area contributed by atoms with Gasteiger partial charge in [-0.3, -0.25) is 0 Å². The van der Waals surface area contributed by atoms with Crippen LogP contribution in [0.3, 0.4) is 0 Å². The van der Waals surface area contributed by atoms with Crippen molar-refractivity contribution in [3.05, 3.63) is 23.8 Å². The Morgan fingerprint density at radius 1 is 1.46 bits per heavy atom. The van der Waals surface area contributed by atoms with Crippen molar-refractivity contribution in [1.82, 2.24) is 4.98 Å². The molecule has 3 heteroatoms. The third-order valence-electron chi connectivity index (χ3n) is 1.87. The van der Waals surface area contributed by atoms with E-state index in [1.54, 1.807) is 0 Å². The van der Waals surface area contributed by atoms with Gasteiger partial charge in [-0.1, -0.05) is 6.07 Å². The molecule has 2 rings (SSSR count). The van der Waals surface area contributed by atoms with Crippen molar-refractivity contribution in [2.75, 3.05) is 11.9 Å². The van der Waals surface area contributed by atoms with Crippen LogP contribution in [0.15, 0.2) is 22.6 Å². The van der Waals surface area contributed by atoms with Gasteiger partial charge >= 0.3 is 0 Å². The summed E-state index contributed by atoms with van der Waals surface area (Å²) in [5.74, 6) is 0. The number of nitrogens with one attached hydrogen (secondary N) is 1. The van der Waals surface area contributed by atoms with Gasteiger partial charge in [0.25, 0.3) is 6.01 Å². The minimum absolute atomic E-state index is 0.600. The molecule has 0 aliphatic rings. The number of anilines is 1. The lowest BCUT2D eigenvalue weighted by Gasteiger charge is -1.91. The molecule has 0 aliphatic heterocycles. The van der Waals surface area contributed by atoms with E-state index in [1.807, 2.05) is 32.0 Å². The summed E-state index contributed by atoms with van der Waals surface area (Å²) in [4.78, 5) is 4.29. The first-order valence-corrected chi connectivity index (χ1v) is 4.40. The van der Waals surface area contributed by atoms with E-state index >= 15 is 0 Å². The summed E-state index contributed by atoms with van der Waals surface area (Å²) < 4.78 is 5.44. The molecule has 1 heterocycles. The fourth-order valence-electron chi connectivity index (χ4n) is 1.26. The minimum atomic E-state index is 0.600. The summed E-state index contributed by atoms with van der Waals surface area (Å²) in [5.41, 5.74) is 2.95. The standard InChI is InChI=1S/C10H12N2O/c1-3-11-10-12-8-6-7(2)4-5-9(8)13-10/h4-6H,3H2,1-2H3,(H,11,12). The van der Waals surface area contributed by atoms with E-state index in [-0.39, 0.29) is 0 Å². The average molecular weight is 176 g/mol. The van der Waals surface area contributed by atoms with Crippen LogP contribution in [-0.4, -0.2) is 11.5 Å². The molecule has 0 saturated heterocycles. The summed E-state index contributed by atoms with van der Waals surface area (Å²) in [6, 6.07) is 6.57. The van der Waals surface area contributed by atoms with Crippen molar-refractivity contribution in [2.45, 2.75) is 13.8 Å². The zero-order valence-corrected chi connectivity index (χ0v) is 7.79. The highest BCUT2D eigenvalue weighted by Gasteiger charge is 2.03. The van der Waals surface area contributed by atoms with Crippen molar-refractivity contribution in [1.29, 1.82) is 0 Å². The second kappa shape index (κ2) is 3.09. The van der Waals surface area contributed by atoms with Crippen LogP contribution in [0.1, 0.15) is 12.5 Å². The Bertz CT molecular complexity index is 420. The molecule has 0 amide bonds. The number of nitrogens with zero attached hydrogens (tertiary/aromatic N) is 1. The quantitative estimate of drug-likeness (QED) is 0.764. The molecule has 0 atom stereocenters. The lowest BCUT2D eigenvalue weighted by Crippen LogP contribution is -1.95. The zero-order valence-electron chi connectivity index (χ0n) is 7.79. The normalized spacial score (nSPS) is 10.6. The predicted octanol–water partition coefficient (Wildman–Crippen LogP) is 2.57. The highest BCUT2D eigenvalue weighted by atomic mass is 16.4. The molecule has 2 aromatic rings. The van der Waals surface area contributed by atoms with Gasteiger partial charge in [0.1, 0.15) is 5.52 Å². The zero-order chi connectivity index (χ0) is 9.26. The van der Waals surface area contributed by atoms with Crippen molar-refractivity contribution in [3.63, 3.8) is 0 Å². The van der Waals surface area contributed by atoms with Crippen LogP contribution in [0.25, 0.3) is 11.1 Å². The van der Waals surface area contributed by atoms with E-state index in [0.717, 1.165) is 17.6 Å². The van der Waals surface area contributed by atoms with Gasteiger partial charge in [-0.05, 0) is 31.5 Å². The van der Waals surface area contributed by atoms with E-state index in [4.69, 9.17) is 4.42 Å². The topological polar surface area (TPSA) is 38.1 Å². The summed E-state index contributed by atoms with van der Waals surface area (Å²) in [6.07, 6.45) is 0. The maximum atomic E-state index is 5.44. The second-order valence-corrected chi connectivity index (χ2v) is 3.02. The van der Waals surface area contributed by atoms with E-state index in [2.05, 4.69) is 10.3 Å². The largest absolute Gasteiger partial charge is 0.424 e. The first kappa shape index (κ1) is 8.10. The van der Waals surface area contributed by atoms with Gasteiger partial charge in [-0.25, -0.2) is 0 Å². The van der Waals surface area contributed by atoms with Crippen LogP contribution in [0.5, 0.6) is 0 Å². The summed E-state index contributed by atoms with van der Waals surface area (Å²) in [5, 5.41) is 3.04. The van der Waals surface area contributed by atoms with Crippen LogP contribution < -0.4 is 5.32 Å². The Hall–Kier alpha value is -1.51. The van der Waals surface area contributed by atoms with Crippen molar-refractivity contribution in [2.24, 2.45) is 0 Å². The van der Waals surface area contributed by atoms with Gasteiger partial charge < -0.3 is 9.73 Å². The SMILES string of the molecule is CCNc1nc2cc(C)ccc2o1. The highest BCUT2D eigenvalue weighted by molar-refractivity contribution is 5.75. The van der Waals surface area contributed by atoms with Gasteiger partial charge in [-0.15, -0.1) is 0 Å². The Morgan fingerprint density at radius 2 is 2.31 bits per heavy atom. The number of benzene rings is 1. The van der Waals surface area contributed by atoms with Crippen molar-refractivity contribution in [3.8, 4) is 0 Å². The number of aryl methyl sites for hydroxylation is 1. The summed E-state index contributed by atoms with van der Waals surface area (Å²) in [7, 11) is 0. The van der Waals surface area contributed by atoms with Gasteiger partial charge in [0.15, 0.2) is 5.58 Å². The first-order chi connectivity index (χ1) is 6.29. The van der Waals surface area contributed by atoms with Gasteiger partial charge in [-0.2, -0.15) is 4.98 Å². The Balaban J connectivity index is 2.49. The van der Waals surface area contributed by atoms with E-state index in [9.17, 15) is 0 Å². The van der Waals surface area contributed by atoms with Gasteiger partial charge in [0.2, 0.25) is 0 Å². The molecule has 1 N–H and O–H groups in total. The molecule has 0 aliphatic carbocycles. The number of aromatic nitrogens is 1. The lowest BCUT2D eigenvalue weighted by molar-refractivity contribution is 0.616. The molecule has 0 spiro atoms. The molecule has 0 radical (unpaired) electrons. The molecule has 0 bridgehead atoms. The second-order valence-electron chi connectivity index (χ2n) is 3.02. The maximum Gasteiger partial charge on any atom is 0.295 e. The number of hydrogen-bond acceptors (Lipinski definition) is 3. The van der Waals surface area contributed by atoms with Gasteiger partial charge in [0, 0.05) is 6.54 Å². The molecule has 68 valence electrons. The third kappa shape index (κ3) is 1.49. The summed E-state index contributed by atoms with van der Waals surface area (Å²) >= 11 is 0. The molecule has 0 fully saturated rings. The number of rotatable bonds is 2. The molecule has 0 unspecified atom stereocenters.